The number of rotatable bonds is 4. The molecule has 0 saturated heterocycles. The first-order valence-electron chi connectivity index (χ1n) is 5.29. The number of carbonyl (C=O) groups is 2. The Kier molecular flexibility index (Phi) is 4.34. The SMILES string of the molecule is CCCOC(=O)C1=C(C(=O)O)CCCC1. The second kappa shape index (κ2) is 5.53. The van der Waals surface area contributed by atoms with E-state index < -0.39 is 11.9 Å². The lowest BCUT2D eigenvalue weighted by atomic mass is 9.92. The number of ether oxygens (including phenoxy) is 1. The van der Waals surface area contributed by atoms with Crippen molar-refractivity contribution in [2.75, 3.05) is 6.61 Å². The molecule has 0 atom stereocenters. The van der Waals surface area contributed by atoms with Crippen LogP contribution < -0.4 is 0 Å². The highest BCUT2D eigenvalue weighted by molar-refractivity contribution is 5.99. The maximum Gasteiger partial charge on any atom is 0.334 e. The van der Waals surface area contributed by atoms with E-state index in [0.717, 1.165) is 19.3 Å². The fraction of sp³-hybridized carbons (Fsp3) is 0.636. The van der Waals surface area contributed by atoms with Crippen LogP contribution in [0.1, 0.15) is 39.0 Å². The second-order valence-electron chi connectivity index (χ2n) is 3.61. The Morgan fingerprint density at radius 2 is 1.87 bits per heavy atom. The van der Waals surface area contributed by atoms with Crippen molar-refractivity contribution >= 4 is 11.9 Å². The minimum absolute atomic E-state index is 0.238. The quantitative estimate of drug-likeness (QED) is 0.723. The number of carbonyl (C=O) groups excluding carboxylic acids is 1. The average Bonchev–Trinajstić information content (AvgIpc) is 2.25. The molecule has 15 heavy (non-hydrogen) atoms. The topological polar surface area (TPSA) is 63.6 Å². The van der Waals surface area contributed by atoms with Crippen LogP contribution in [0.25, 0.3) is 0 Å². The van der Waals surface area contributed by atoms with Crippen molar-refractivity contribution in [2.24, 2.45) is 0 Å². The van der Waals surface area contributed by atoms with E-state index in [2.05, 4.69) is 0 Å². The van der Waals surface area contributed by atoms with Gasteiger partial charge in [-0.2, -0.15) is 0 Å². The number of hydrogen-bond donors (Lipinski definition) is 1. The van der Waals surface area contributed by atoms with Crippen LogP contribution in [0.5, 0.6) is 0 Å². The summed E-state index contributed by atoms with van der Waals surface area (Å²) in [4.78, 5) is 22.4. The lowest BCUT2D eigenvalue weighted by Crippen LogP contribution is -2.17. The first-order chi connectivity index (χ1) is 7.16. The Bertz CT molecular complexity index is 291. The summed E-state index contributed by atoms with van der Waals surface area (Å²) in [7, 11) is 0. The maximum atomic E-state index is 11.5. The zero-order valence-corrected chi connectivity index (χ0v) is 8.91. The minimum atomic E-state index is -0.988. The molecule has 1 N–H and O–H groups in total. The molecule has 0 amide bonds. The summed E-state index contributed by atoms with van der Waals surface area (Å²) in [5.74, 6) is -1.44. The molecule has 1 aliphatic carbocycles. The first kappa shape index (κ1) is 11.8. The predicted octanol–water partition coefficient (Wildman–Crippen LogP) is 1.89. The maximum absolute atomic E-state index is 11.5. The Morgan fingerprint density at radius 1 is 1.27 bits per heavy atom. The van der Waals surface area contributed by atoms with Crippen molar-refractivity contribution in [3.8, 4) is 0 Å². The zero-order chi connectivity index (χ0) is 11.3. The Morgan fingerprint density at radius 3 is 2.40 bits per heavy atom. The third-order valence-electron chi connectivity index (χ3n) is 2.41. The van der Waals surface area contributed by atoms with Gasteiger partial charge in [0.05, 0.1) is 6.61 Å². The van der Waals surface area contributed by atoms with Crippen LogP contribution in [0.2, 0.25) is 0 Å². The fourth-order valence-electron chi connectivity index (χ4n) is 1.65. The van der Waals surface area contributed by atoms with Crippen LogP contribution in [-0.4, -0.2) is 23.7 Å². The van der Waals surface area contributed by atoms with Crippen LogP contribution in [0.15, 0.2) is 11.1 Å². The van der Waals surface area contributed by atoms with E-state index in [1.807, 2.05) is 6.92 Å². The van der Waals surface area contributed by atoms with Gasteiger partial charge in [-0.05, 0) is 32.1 Å². The van der Waals surface area contributed by atoms with Gasteiger partial charge < -0.3 is 9.84 Å². The van der Waals surface area contributed by atoms with E-state index in [1.165, 1.54) is 0 Å². The summed E-state index contributed by atoms with van der Waals surface area (Å²) < 4.78 is 4.95. The number of esters is 1. The summed E-state index contributed by atoms with van der Waals surface area (Å²) in [6.45, 7) is 2.26. The summed E-state index contributed by atoms with van der Waals surface area (Å²) in [6.07, 6.45) is 3.47. The predicted molar refractivity (Wildman–Crippen MR) is 54.4 cm³/mol. The van der Waals surface area contributed by atoms with Gasteiger partial charge in [-0.25, -0.2) is 9.59 Å². The van der Waals surface area contributed by atoms with Crippen molar-refractivity contribution in [3.63, 3.8) is 0 Å². The smallest absolute Gasteiger partial charge is 0.334 e. The van der Waals surface area contributed by atoms with Crippen LogP contribution in [-0.2, 0) is 14.3 Å². The number of carboxylic acids is 1. The van der Waals surface area contributed by atoms with Crippen molar-refractivity contribution in [1.29, 1.82) is 0 Å². The van der Waals surface area contributed by atoms with Gasteiger partial charge in [0.1, 0.15) is 0 Å². The standard InChI is InChI=1S/C11H16O4/c1-2-7-15-11(14)9-6-4-3-5-8(9)10(12)13/h2-7H2,1H3,(H,12,13). The van der Waals surface area contributed by atoms with Gasteiger partial charge in [-0.1, -0.05) is 6.92 Å². The fourth-order valence-corrected chi connectivity index (χ4v) is 1.65. The van der Waals surface area contributed by atoms with Gasteiger partial charge in [0.25, 0.3) is 0 Å². The molecule has 4 nitrogen and oxygen atoms in total. The van der Waals surface area contributed by atoms with Gasteiger partial charge >= 0.3 is 11.9 Å². The van der Waals surface area contributed by atoms with Crippen molar-refractivity contribution in [3.05, 3.63) is 11.1 Å². The molecule has 1 aliphatic rings. The third-order valence-corrected chi connectivity index (χ3v) is 2.41. The highest BCUT2D eigenvalue weighted by atomic mass is 16.5. The molecule has 0 aromatic heterocycles. The molecule has 0 fully saturated rings. The molecule has 0 aliphatic heterocycles. The van der Waals surface area contributed by atoms with Gasteiger partial charge in [0, 0.05) is 11.1 Å². The normalized spacial score (nSPS) is 16.3. The monoisotopic (exact) mass is 212 g/mol. The molecule has 0 bridgehead atoms. The molecular formula is C11H16O4. The largest absolute Gasteiger partial charge is 0.478 e. The Hall–Kier alpha value is -1.32. The number of aliphatic carboxylic acids is 1. The molecule has 4 heteroatoms. The molecular weight excluding hydrogens is 196 g/mol. The van der Waals surface area contributed by atoms with E-state index in [9.17, 15) is 9.59 Å². The van der Waals surface area contributed by atoms with Gasteiger partial charge in [0.15, 0.2) is 0 Å². The number of hydrogen-bond acceptors (Lipinski definition) is 3. The molecule has 0 aromatic carbocycles. The molecule has 0 aromatic rings. The Balaban J connectivity index is 2.77. The van der Waals surface area contributed by atoms with E-state index >= 15 is 0 Å². The summed E-state index contributed by atoms with van der Waals surface area (Å²) in [5.41, 5.74) is 0.601. The van der Waals surface area contributed by atoms with Crippen molar-refractivity contribution in [1.82, 2.24) is 0 Å². The number of carboxylic acid groups (broad SMARTS) is 1. The lowest BCUT2D eigenvalue weighted by Gasteiger charge is -2.16. The van der Waals surface area contributed by atoms with Crippen LogP contribution in [0.3, 0.4) is 0 Å². The highest BCUT2D eigenvalue weighted by Gasteiger charge is 2.24. The van der Waals surface area contributed by atoms with Crippen LogP contribution in [0, 0.1) is 0 Å². The second-order valence-corrected chi connectivity index (χ2v) is 3.61. The molecule has 0 radical (unpaired) electrons. The Labute approximate surface area is 88.9 Å². The van der Waals surface area contributed by atoms with Crippen molar-refractivity contribution < 1.29 is 19.4 Å². The van der Waals surface area contributed by atoms with Crippen LogP contribution >= 0.6 is 0 Å². The molecule has 0 heterocycles. The lowest BCUT2D eigenvalue weighted by molar-refractivity contribution is -0.140. The summed E-state index contributed by atoms with van der Waals surface area (Å²) in [5, 5.41) is 8.92. The summed E-state index contributed by atoms with van der Waals surface area (Å²) >= 11 is 0. The molecule has 0 unspecified atom stereocenters. The van der Waals surface area contributed by atoms with Crippen LogP contribution in [0.4, 0.5) is 0 Å². The average molecular weight is 212 g/mol. The van der Waals surface area contributed by atoms with Gasteiger partial charge in [-0.15, -0.1) is 0 Å². The first-order valence-corrected chi connectivity index (χ1v) is 5.29. The van der Waals surface area contributed by atoms with E-state index in [0.29, 0.717) is 25.0 Å². The van der Waals surface area contributed by atoms with Gasteiger partial charge in [0.2, 0.25) is 0 Å². The molecule has 1 rings (SSSR count). The molecule has 0 saturated carbocycles. The molecule has 0 spiro atoms. The highest BCUT2D eigenvalue weighted by Crippen LogP contribution is 2.25. The van der Waals surface area contributed by atoms with E-state index in [4.69, 9.17) is 9.84 Å². The zero-order valence-electron chi connectivity index (χ0n) is 8.91. The minimum Gasteiger partial charge on any atom is -0.478 e. The molecule has 84 valence electrons. The third kappa shape index (κ3) is 3.08. The van der Waals surface area contributed by atoms with E-state index in [1.54, 1.807) is 0 Å². The summed E-state index contributed by atoms with van der Waals surface area (Å²) in [6, 6.07) is 0. The van der Waals surface area contributed by atoms with Crippen molar-refractivity contribution in [2.45, 2.75) is 39.0 Å². The van der Waals surface area contributed by atoms with Gasteiger partial charge in [-0.3, -0.25) is 0 Å². The van der Waals surface area contributed by atoms with E-state index in [-0.39, 0.29) is 5.57 Å².